The van der Waals surface area contributed by atoms with Gasteiger partial charge in [-0.15, -0.1) is 0 Å². The van der Waals surface area contributed by atoms with E-state index in [4.69, 9.17) is 14.2 Å². The highest BCUT2D eigenvalue weighted by Crippen LogP contribution is 2.28. The van der Waals surface area contributed by atoms with E-state index in [0.717, 1.165) is 0 Å². The van der Waals surface area contributed by atoms with Crippen LogP contribution in [0.5, 0.6) is 17.2 Å². The van der Waals surface area contributed by atoms with Crippen LogP contribution >= 0.6 is 0 Å². The maximum Gasteiger partial charge on any atom is 0.319 e. The predicted molar refractivity (Wildman–Crippen MR) is 94.5 cm³/mol. The number of amides is 2. The Hall–Kier alpha value is -2.93. The number of aliphatic hydroxyl groups is 1. The van der Waals surface area contributed by atoms with Crippen molar-refractivity contribution in [1.29, 1.82) is 0 Å². The van der Waals surface area contributed by atoms with Gasteiger partial charge in [-0.1, -0.05) is 12.1 Å². The van der Waals surface area contributed by atoms with Crippen LogP contribution in [0.15, 0.2) is 42.5 Å². The third-order valence-electron chi connectivity index (χ3n) is 3.61. The van der Waals surface area contributed by atoms with Crippen molar-refractivity contribution < 1.29 is 24.1 Å². The molecule has 0 heterocycles. The van der Waals surface area contributed by atoms with E-state index < -0.39 is 12.1 Å². The lowest BCUT2D eigenvalue weighted by molar-refractivity contribution is 0.175. The van der Waals surface area contributed by atoms with Crippen LogP contribution < -0.4 is 24.8 Å². The summed E-state index contributed by atoms with van der Waals surface area (Å²) in [5.74, 6) is 1.80. The number of hydrogen-bond acceptors (Lipinski definition) is 5. The zero-order valence-electron chi connectivity index (χ0n) is 14.4. The van der Waals surface area contributed by atoms with Crippen molar-refractivity contribution in [3.05, 3.63) is 48.0 Å². The summed E-state index contributed by atoms with van der Waals surface area (Å²) in [6, 6.07) is 11.6. The van der Waals surface area contributed by atoms with Crippen molar-refractivity contribution >= 4 is 11.7 Å². The van der Waals surface area contributed by atoms with Gasteiger partial charge in [0.15, 0.2) is 0 Å². The average Bonchev–Trinajstić information content (AvgIpc) is 2.66. The van der Waals surface area contributed by atoms with E-state index in [1.54, 1.807) is 49.6 Å². The summed E-state index contributed by atoms with van der Waals surface area (Å²) >= 11 is 0. The highest BCUT2D eigenvalue weighted by Gasteiger charge is 2.12. The lowest BCUT2D eigenvalue weighted by Crippen LogP contribution is -2.32. The van der Waals surface area contributed by atoms with Crippen LogP contribution in [0.3, 0.4) is 0 Å². The van der Waals surface area contributed by atoms with E-state index in [9.17, 15) is 9.90 Å². The first-order chi connectivity index (χ1) is 12.1. The molecule has 7 nitrogen and oxygen atoms in total. The normalized spacial score (nSPS) is 11.4. The van der Waals surface area contributed by atoms with Crippen LogP contribution in [0.2, 0.25) is 0 Å². The first kappa shape index (κ1) is 18.4. The molecule has 134 valence electrons. The first-order valence-corrected chi connectivity index (χ1v) is 7.66. The predicted octanol–water partition coefficient (Wildman–Crippen LogP) is 2.57. The van der Waals surface area contributed by atoms with Crippen molar-refractivity contribution in [2.24, 2.45) is 0 Å². The number of carbonyl (C=O) groups is 1. The summed E-state index contributed by atoms with van der Waals surface area (Å²) in [5.41, 5.74) is 1.15. The lowest BCUT2D eigenvalue weighted by Gasteiger charge is -2.15. The molecule has 0 saturated carbocycles. The molecule has 25 heavy (non-hydrogen) atoms. The zero-order valence-corrected chi connectivity index (χ0v) is 14.4. The van der Waals surface area contributed by atoms with Crippen molar-refractivity contribution in [2.45, 2.75) is 6.10 Å². The number of anilines is 1. The van der Waals surface area contributed by atoms with Gasteiger partial charge in [-0.05, 0) is 29.8 Å². The van der Waals surface area contributed by atoms with Crippen LogP contribution in [0.4, 0.5) is 10.5 Å². The number of urea groups is 1. The zero-order chi connectivity index (χ0) is 18.2. The largest absolute Gasteiger partial charge is 0.497 e. The second-order valence-electron chi connectivity index (χ2n) is 5.19. The Bertz CT molecular complexity index is 703. The van der Waals surface area contributed by atoms with Gasteiger partial charge in [0.1, 0.15) is 17.2 Å². The molecule has 7 heteroatoms. The molecule has 0 radical (unpaired) electrons. The summed E-state index contributed by atoms with van der Waals surface area (Å²) in [6.45, 7) is 0.0600. The Balaban J connectivity index is 1.93. The molecule has 0 aliphatic carbocycles. The minimum absolute atomic E-state index is 0.0600. The topological polar surface area (TPSA) is 89.1 Å². The lowest BCUT2D eigenvalue weighted by atomic mass is 10.1. The van der Waals surface area contributed by atoms with E-state index in [0.29, 0.717) is 28.5 Å². The highest BCUT2D eigenvalue weighted by atomic mass is 16.5. The standard InChI is InChI=1S/C18H22N2O5/c1-23-13-6-4-12(5-7-13)16(21)11-19-18(22)20-15-10-14(24-2)8-9-17(15)25-3/h4-10,16,21H,11H2,1-3H3,(H2,19,20,22)/t16-/m1/s1. The number of methoxy groups -OCH3 is 3. The second kappa shape index (κ2) is 8.79. The molecule has 0 bridgehead atoms. The number of ether oxygens (including phenoxy) is 3. The highest BCUT2D eigenvalue weighted by molar-refractivity contribution is 5.91. The molecule has 0 aliphatic rings. The maximum atomic E-state index is 12.1. The van der Waals surface area contributed by atoms with E-state index in [-0.39, 0.29) is 6.54 Å². The van der Waals surface area contributed by atoms with E-state index in [2.05, 4.69) is 10.6 Å². The first-order valence-electron chi connectivity index (χ1n) is 7.66. The molecule has 2 amide bonds. The third-order valence-corrected chi connectivity index (χ3v) is 3.61. The van der Waals surface area contributed by atoms with Crippen LogP contribution in [0.25, 0.3) is 0 Å². The van der Waals surface area contributed by atoms with E-state index >= 15 is 0 Å². The summed E-state index contributed by atoms with van der Waals surface area (Å²) in [5, 5.41) is 15.4. The van der Waals surface area contributed by atoms with E-state index in [1.165, 1.54) is 14.2 Å². The smallest absolute Gasteiger partial charge is 0.319 e. The number of hydrogen-bond donors (Lipinski definition) is 3. The van der Waals surface area contributed by atoms with Gasteiger partial charge in [0.2, 0.25) is 0 Å². The Labute approximate surface area is 146 Å². The maximum absolute atomic E-state index is 12.1. The fourth-order valence-corrected chi connectivity index (χ4v) is 2.21. The minimum atomic E-state index is -0.830. The van der Waals surface area contributed by atoms with Crippen molar-refractivity contribution in [3.63, 3.8) is 0 Å². The number of benzene rings is 2. The molecule has 0 unspecified atom stereocenters. The van der Waals surface area contributed by atoms with Crippen LogP contribution in [0, 0.1) is 0 Å². The molecule has 2 aromatic rings. The van der Waals surface area contributed by atoms with Gasteiger partial charge in [-0.3, -0.25) is 0 Å². The van der Waals surface area contributed by atoms with E-state index in [1.807, 2.05) is 0 Å². The molecule has 1 atom stereocenters. The fourth-order valence-electron chi connectivity index (χ4n) is 2.21. The van der Waals surface area contributed by atoms with Crippen molar-refractivity contribution in [2.75, 3.05) is 33.2 Å². The Morgan fingerprint density at radius 2 is 1.64 bits per heavy atom. The molecular formula is C18H22N2O5. The number of aliphatic hydroxyl groups excluding tert-OH is 1. The Morgan fingerprint density at radius 1 is 1.00 bits per heavy atom. The van der Waals surface area contributed by atoms with Gasteiger partial charge < -0.3 is 30.0 Å². The Morgan fingerprint density at radius 3 is 2.24 bits per heavy atom. The summed E-state index contributed by atoms with van der Waals surface area (Å²) in [7, 11) is 4.62. The second-order valence-corrected chi connectivity index (χ2v) is 5.19. The molecule has 2 rings (SSSR count). The van der Waals surface area contributed by atoms with Gasteiger partial charge >= 0.3 is 6.03 Å². The van der Waals surface area contributed by atoms with Gasteiger partial charge in [0.05, 0.1) is 33.1 Å². The SMILES string of the molecule is COc1ccc([C@H](O)CNC(=O)Nc2cc(OC)ccc2OC)cc1. The Kier molecular flexibility index (Phi) is 6.47. The number of nitrogens with one attached hydrogen (secondary N) is 2. The van der Waals surface area contributed by atoms with Crippen LogP contribution in [0.1, 0.15) is 11.7 Å². The molecule has 2 aromatic carbocycles. The molecule has 0 saturated heterocycles. The molecule has 0 fully saturated rings. The van der Waals surface area contributed by atoms with Gasteiger partial charge in [-0.25, -0.2) is 4.79 Å². The van der Waals surface area contributed by atoms with Gasteiger partial charge in [0.25, 0.3) is 0 Å². The van der Waals surface area contributed by atoms with Crippen molar-refractivity contribution in [3.8, 4) is 17.2 Å². The summed E-state index contributed by atoms with van der Waals surface area (Å²) in [4.78, 5) is 12.1. The van der Waals surface area contributed by atoms with Crippen molar-refractivity contribution in [1.82, 2.24) is 5.32 Å². The quantitative estimate of drug-likeness (QED) is 0.717. The fraction of sp³-hybridized carbons (Fsp3) is 0.278. The summed E-state index contributed by atoms with van der Waals surface area (Å²) in [6.07, 6.45) is -0.830. The molecule has 0 aromatic heterocycles. The molecule has 3 N–H and O–H groups in total. The number of rotatable bonds is 7. The summed E-state index contributed by atoms with van der Waals surface area (Å²) < 4.78 is 15.4. The minimum Gasteiger partial charge on any atom is -0.497 e. The van der Waals surface area contributed by atoms with Crippen LogP contribution in [-0.4, -0.2) is 39.0 Å². The monoisotopic (exact) mass is 346 g/mol. The molecule has 0 spiro atoms. The van der Waals surface area contributed by atoms with Gasteiger partial charge in [-0.2, -0.15) is 0 Å². The number of carbonyl (C=O) groups excluding carboxylic acids is 1. The average molecular weight is 346 g/mol. The van der Waals surface area contributed by atoms with Crippen LogP contribution in [-0.2, 0) is 0 Å². The molecular weight excluding hydrogens is 324 g/mol. The third kappa shape index (κ3) is 5.02. The van der Waals surface area contributed by atoms with Gasteiger partial charge in [0, 0.05) is 12.6 Å². The molecule has 0 aliphatic heterocycles.